The zero-order valence-corrected chi connectivity index (χ0v) is 11.8. The SMILES string of the molecule is CC(C)n1cncc1Cn1cc(CN)c2cccnc21. The molecule has 3 rings (SSSR count). The van der Waals surface area contributed by atoms with Gasteiger partial charge in [-0.3, -0.25) is 0 Å². The normalized spacial score (nSPS) is 11.6. The van der Waals surface area contributed by atoms with Gasteiger partial charge in [-0.05, 0) is 31.5 Å². The summed E-state index contributed by atoms with van der Waals surface area (Å²) in [5.74, 6) is 0. The van der Waals surface area contributed by atoms with Crippen molar-refractivity contribution in [1.29, 1.82) is 0 Å². The lowest BCUT2D eigenvalue weighted by Gasteiger charge is -2.12. The van der Waals surface area contributed by atoms with Crippen LogP contribution in [0.2, 0.25) is 0 Å². The predicted octanol–water partition coefficient (Wildman–Crippen LogP) is 2.32. The molecule has 104 valence electrons. The first-order valence-electron chi connectivity index (χ1n) is 6.84. The summed E-state index contributed by atoms with van der Waals surface area (Å²) >= 11 is 0. The van der Waals surface area contributed by atoms with Crippen molar-refractivity contribution in [2.45, 2.75) is 33.0 Å². The van der Waals surface area contributed by atoms with E-state index >= 15 is 0 Å². The van der Waals surface area contributed by atoms with E-state index in [1.54, 1.807) is 0 Å². The summed E-state index contributed by atoms with van der Waals surface area (Å²) in [4.78, 5) is 8.73. The molecule has 3 aromatic rings. The summed E-state index contributed by atoms with van der Waals surface area (Å²) in [6.07, 6.45) is 7.70. The zero-order valence-electron chi connectivity index (χ0n) is 11.8. The molecule has 3 aromatic heterocycles. The third-order valence-electron chi connectivity index (χ3n) is 3.57. The van der Waals surface area contributed by atoms with Gasteiger partial charge in [0.15, 0.2) is 0 Å². The van der Waals surface area contributed by atoms with E-state index in [1.165, 1.54) is 5.69 Å². The number of nitrogens with zero attached hydrogens (tertiary/aromatic N) is 4. The van der Waals surface area contributed by atoms with Gasteiger partial charge < -0.3 is 14.9 Å². The van der Waals surface area contributed by atoms with Crippen molar-refractivity contribution in [1.82, 2.24) is 19.1 Å². The lowest BCUT2D eigenvalue weighted by atomic mass is 10.2. The number of pyridine rings is 1. The molecule has 0 atom stereocenters. The molecule has 5 nitrogen and oxygen atoms in total. The second-order valence-corrected chi connectivity index (χ2v) is 5.25. The van der Waals surface area contributed by atoms with Crippen LogP contribution in [0.25, 0.3) is 11.0 Å². The van der Waals surface area contributed by atoms with Gasteiger partial charge in [0, 0.05) is 36.6 Å². The highest BCUT2D eigenvalue weighted by molar-refractivity contribution is 5.80. The fourth-order valence-electron chi connectivity index (χ4n) is 2.57. The maximum Gasteiger partial charge on any atom is 0.140 e. The van der Waals surface area contributed by atoms with Crippen LogP contribution in [0.4, 0.5) is 0 Å². The molecule has 5 heteroatoms. The van der Waals surface area contributed by atoms with E-state index in [1.807, 2.05) is 24.8 Å². The number of fused-ring (bicyclic) bond motifs is 1. The van der Waals surface area contributed by atoms with E-state index in [4.69, 9.17) is 5.73 Å². The number of imidazole rings is 1. The first-order chi connectivity index (χ1) is 9.70. The second-order valence-electron chi connectivity index (χ2n) is 5.25. The Hall–Kier alpha value is -2.14. The maximum absolute atomic E-state index is 5.82. The molecule has 0 aliphatic carbocycles. The van der Waals surface area contributed by atoms with Crippen molar-refractivity contribution in [2.75, 3.05) is 0 Å². The van der Waals surface area contributed by atoms with Crippen molar-refractivity contribution in [3.05, 3.63) is 48.3 Å². The van der Waals surface area contributed by atoms with Crippen molar-refractivity contribution in [2.24, 2.45) is 5.73 Å². The van der Waals surface area contributed by atoms with Crippen LogP contribution in [0.3, 0.4) is 0 Å². The molecule has 2 N–H and O–H groups in total. The summed E-state index contributed by atoms with van der Waals surface area (Å²) in [5, 5.41) is 1.13. The van der Waals surface area contributed by atoms with Gasteiger partial charge in [0.1, 0.15) is 5.65 Å². The van der Waals surface area contributed by atoms with Crippen LogP contribution in [-0.2, 0) is 13.1 Å². The largest absolute Gasteiger partial charge is 0.330 e. The van der Waals surface area contributed by atoms with Gasteiger partial charge in [0.05, 0.1) is 18.6 Å². The molecule has 3 heterocycles. The standard InChI is InChI=1S/C15H19N5/c1-11(2)20-10-17-7-13(20)9-19-8-12(6-16)14-4-3-5-18-15(14)19/h3-5,7-8,10-11H,6,9,16H2,1-2H3. The molecule has 0 aliphatic heterocycles. The van der Waals surface area contributed by atoms with E-state index in [0.717, 1.165) is 23.1 Å². The Kier molecular flexibility index (Phi) is 3.28. The van der Waals surface area contributed by atoms with Gasteiger partial charge in [0.25, 0.3) is 0 Å². The van der Waals surface area contributed by atoms with Crippen LogP contribution >= 0.6 is 0 Å². The Balaban J connectivity index is 2.05. The minimum absolute atomic E-state index is 0.399. The van der Waals surface area contributed by atoms with Crippen LogP contribution in [0.1, 0.15) is 31.1 Å². The highest BCUT2D eigenvalue weighted by atomic mass is 15.1. The summed E-state index contributed by atoms with van der Waals surface area (Å²) < 4.78 is 4.32. The molecule has 0 aromatic carbocycles. The summed E-state index contributed by atoms with van der Waals surface area (Å²) in [7, 11) is 0. The second kappa shape index (κ2) is 5.09. The topological polar surface area (TPSA) is 61.7 Å². The molecule has 0 aliphatic rings. The molecule has 0 saturated carbocycles. The Bertz CT molecular complexity index is 723. The molecular formula is C15H19N5. The predicted molar refractivity (Wildman–Crippen MR) is 79.3 cm³/mol. The first kappa shape index (κ1) is 12.9. The van der Waals surface area contributed by atoms with Crippen molar-refractivity contribution < 1.29 is 0 Å². The van der Waals surface area contributed by atoms with E-state index in [2.05, 4.69) is 45.2 Å². The van der Waals surface area contributed by atoms with Crippen molar-refractivity contribution >= 4 is 11.0 Å². The third kappa shape index (κ3) is 2.10. The number of hydrogen-bond donors (Lipinski definition) is 1. The van der Waals surface area contributed by atoms with Crippen molar-refractivity contribution in [3.63, 3.8) is 0 Å². The number of rotatable bonds is 4. The van der Waals surface area contributed by atoms with Gasteiger partial charge in [-0.2, -0.15) is 0 Å². The van der Waals surface area contributed by atoms with Crippen LogP contribution in [0.5, 0.6) is 0 Å². The van der Waals surface area contributed by atoms with Crippen molar-refractivity contribution in [3.8, 4) is 0 Å². The Morgan fingerprint density at radius 2 is 2.20 bits per heavy atom. The Labute approximate surface area is 118 Å². The maximum atomic E-state index is 5.82. The van der Waals surface area contributed by atoms with Gasteiger partial charge in [-0.25, -0.2) is 9.97 Å². The molecule has 0 bridgehead atoms. The molecule has 0 amide bonds. The Morgan fingerprint density at radius 3 is 2.95 bits per heavy atom. The molecule has 20 heavy (non-hydrogen) atoms. The molecule has 0 radical (unpaired) electrons. The summed E-state index contributed by atoms with van der Waals surface area (Å²) in [6.45, 7) is 5.59. The van der Waals surface area contributed by atoms with E-state index in [-0.39, 0.29) is 0 Å². The van der Waals surface area contributed by atoms with Crippen LogP contribution in [0.15, 0.2) is 37.1 Å². The van der Waals surface area contributed by atoms with Gasteiger partial charge in [-0.15, -0.1) is 0 Å². The fraction of sp³-hybridized carbons (Fsp3) is 0.333. The van der Waals surface area contributed by atoms with Gasteiger partial charge >= 0.3 is 0 Å². The van der Waals surface area contributed by atoms with Crippen LogP contribution in [0, 0.1) is 0 Å². The summed E-state index contributed by atoms with van der Waals surface area (Å²) in [6, 6.07) is 4.42. The molecule has 0 fully saturated rings. The average Bonchev–Trinajstić information content (AvgIpc) is 3.04. The van der Waals surface area contributed by atoms with Gasteiger partial charge in [-0.1, -0.05) is 0 Å². The summed E-state index contributed by atoms with van der Waals surface area (Å²) in [5.41, 5.74) is 9.10. The third-order valence-corrected chi connectivity index (χ3v) is 3.57. The smallest absolute Gasteiger partial charge is 0.140 e. The molecular weight excluding hydrogens is 250 g/mol. The number of aromatic nitrogens is 4. The minimum atomic E-state index is 0.399. The highest BCUT2D eigenvalue weighted by Crippen LogP contribution is 2.20. The minimum Gasteiger partial charge on any atom is -0.330 e. The van der Waals surface area contributed by atoms with Crippen LogP contribution < -0.4 is 5.73 Å². The lowest BCUT2D eigenvalue weighted by Crippen LogP contribution is -2.08. The average molecular weight is 269 g/mol. The quantitative estimate of drug-likeness (QED) is 0.790. The van der Waals surface area contributed by atoms with Crippen LogP contribution in [-0.4, -0.2) is 19.1 Å². The number of nitrogens with two attached hydrogens (primary N) is 1. The molecule has 0 unspecified atom stereocenters. The van der Waals surface area contributed by atoms with E-state index < -0.39 is 0 Å². The zero-order chi connectivity index (χ0) is 14.1. The lowest BCUT2D eigenvalue weighted by molar-refractivity contribution is 0.563. The fourth-order valence-corrected chi connectivity index (χ4v) is 2.57. The Morgan fingerprint density at radius 1 is 1.35 bits per heavy atom. The first-order valence-corrected chi connectivity index (χ1v) is 6.84. The number of hydrogen-bond acceptors (Lipinski definition) is 3. The molecule has 0 spiro atoms. The molecule has 0 saturated heterocycles. The highest BCUT2D eigenvalue weighted by Gasteiger charge is 2.11. The van der Waals surface area contributed by atoms with E-state index in [0.29, 0.717) is 12.6 Å². The van der Waals surface area contributed by atoms with E-state index in [9.17, 15) is 0 Å². The monoisotopic (exact) mass is 269 g/mol. The van der Waals surface area contributed by atoms with Gasteiger partial charge in [0.2, 0.25) is 0 Å².